The van der Waals surface area contributed by atoms with Gasteiger partial charge in [-0.1, -0.05) is 44.2 Å². The minimum absolute atomic E-state index is 0.00228. The van der Waals surface area contributed by atoms with E-state index in [9.17, 15) is 23.9 Å². The van der Waals surface area contributed by atoms with Gasteiger partial charge in [-0.2, -0.15) is 0 Å². The zero-order valence-electron chi connectivity index (χ0n) is 15.3. The highest BCUT2D eigenvalue weighted by Gasteiger charge is 2.29. The number of ether oxygens (including phenoxy) is 1. The van der Waals surface area contributed by atoms with Crippen LogP contribution in [0.5, 0.6) is 0 Å². The highest BCUT2D eigenvalue weighted by Crippen LogP contribution is 2.35. The summed E-state index contributed by atoms with van der Waals surface area (Å²) in [5, 5.41) is 2.55. The van der Waals surface area contributed by atoms with Crippen LogP contribution in [0.25, 0.3) is 0 Å². The molecule has 0 bridgehead atoms. The Kier molecular flexibility index (Phi) is 8.78. The summed E-state index contributed by atoms with van der Waals surface area (Å²) in [4.78, 5) is 44.2. The average molecular weight is 386 g/mol. The number of urea groups is 1. The fraction of sp³-hybridized carbons (Fsp3) is 0.529. The van der Waals surface area contributed by atoms with Gasteiger partial charge in [0, 0.05) is 13.0 Å². The molecule has 1 atom stereocenters. The predicted molar refractivity (Wildman–Crippen MR) is 97.6 cm³/mol. The van der Waals surface area contributed by atoms with Gasteiger partial charge in [0.15, 0.2) is 0 Å². The molecular weight excluding hydrogens is 359 g/mol. The smallest absolute Gasteiger partial charge is 0.344 e. The standard InChI is InChI=1S/C17H27N2O6P/c1-4-25-16(20)15(10-14-8-6-5-7-9-14)18-17(21)19(11-13(2)3)12-26(22,23)24/h5-9,13,15H,4,10-12H2,1-3H3,(H,18,21)(H2,22,23,24)/t15-/m0/s1. The second-order valence-electron chi connectivity index (χ2n) is 6.37. The number of nitrogens with zero attached hydrogens (tertiary/aromatic N) is 1. The van der Waals surface area contributed by atoms with Gasteiger partial charge in [-0.15, -0.1) is 0 Å². The van der Waals surface area contributed by atoms with Crippen molar-refractivity contribution in [2.45, 2.75) is 33.2 Å². The second-order valence-corrected chi connectivity index (χ2v) is 7.98. The Hall–Kier alpha value is -1.89. The highest BCUT2D eigenvalue weighted by molar-refractivity contribution is 7.51. The molecule has 3 N–H and O–H groups in total. The van der Waals surface area contributed by atoms with Crippen molar-refractivity contribution in [1.82, 2.24) is 10.2 Å². The summed E-state index contributed by atoms with van der Waals surface area (Å²) in [6.07, 6.45) is -0.491. The second kappa shape index (κ2) is 10.3. The van der Waals surface area contributed by atoms with E-state index < -0.39 is 31.9 Å². The van der Waals surface area contributed by atoms with Crippen LogP contribution in [0.1, 0.15) is 26.3 Å². The molecule has 0 fully saturated rings. The van der Waals surface area contributed by atoms with Crippen molar-refractivity contribution < 1.29 is 28.7 Å². The molecule has 1 rings (SSSR count). The molecule has 0 radical (unpaired) electrons. The van der Waals surface area contributed by atoms with Crippen LogP contribution in [0.4, 0.5) is 4.79 Å². The van der Waals surface area contributed by atoms with Gasteiger partial charge in [0.05, 0.1) is 6.61 Å². The monoisotopic (exact) mass is 386 g/mol. The van der Waals surface area contributed by atoms with Crippen molar-refractivity contribution in [3.63, 3.8) is 0 Å². The van der Waals surface area contributed by atoms with Gasteiger partial charge < -0.3 is 24.7 Å². The number of hydrogen-bond donors (Lipinski definition) is 3. The molecule has 0 aliphatic carbocycles. The molecule has 9 heteroatoms. The molecule has 1 aromatic rings. The van der Waals surface area contributed by atoms with Crippen LogP contribution in [-0.4, -0.2) is 52.2 Å². The molecule has 0 saturated carbocycles. The predicted octanol–water partition coefficient (Wildman–Crippen LogP) is 1.96. The molecule has 0 saturated heterocycles. The number of benzene rings is 1. The van der Waals surface area contributed by atoms with E-state index in [-0.39, 0.29) is 25.5 Å². The fourth-order valence-electron chi connectivity index (χ4n) is 2.39. The van der Waals surface area contributed by atoms with Gasteiger partial charge >= 0.3 is 19.6 Å². The van der Waals surface area contributed by atoms with Crippen molar-refractivity contribution >= 4 is 19.6 Å². The number of carbonyl (C=O) groups excluding carboxylic acids is 2. The molecule has 146 valence electrons. The Balaban J connectivity index is 2.92. The van der Waals surface area contributed by atoms with Crippen LogP contribution in [0.15, 0.2) is 30.3 Å². The van der Waals surface area contributed by atoms with Crippen molar-refractivity contribution in [1.29, 1.82) is 0 Å². The topological polar surface area (TPSA) is 116 Å². The molecule has 0 aliphatic heterocycles. The first-order valence-electron chi connectivity index (χ1n) is 8.43. The van der Waals surface area contributed by atoms with E-state index in [1.165, 1.54) is 0 Å². The van der Waals surface area contributed by atoms with Crippen molar-refractivity contribution in [2.75, 3.05) is 19.4 Å². The summed E-state index contributed by atoms with van der Waals surface area (Å²) in [6.45, 7) is 5.63. The van der Waals surface area contributed by atoms with Crippen LogP contribution in [0.2, 0.25) is 0 Å². The van der Waals surface area contributed by atoms with Gasteiger partial charge in [-0.25, -0.2) is 9.59 Å². The summed E-state index contributed by atoms with van der Waals surface area (Å²) in [7, 11) is -4.43. The Morgan fingerprint density at radius 2 is 1.85 bits per heavy atom. The van der Waals surface area contributed by atoms with Gasteiger partial charge in [-0.05, 0) is 18.4 Å². The van der Waals surface area contributed by atoms with Crippen LogP contribution in [0.3, 0.4) is 0 Å². The Morgan fingerprint density at radius 3 is 2.35 bits per heavy atom. The first-order chi connectivity index (χ1) is 12.1. The first-order valence-corrected chi connectivity index (χ1v) is 10.2. The zero-order valence-corrected chi connectivity index (χ0v) is 16.2. The summed E-state index contributed by atoms with van der Waals surface area (Å²) < 4.78 is 16.3. The Bertz CT molecular complexity index is 631. The van der Waals surface area contributed by atoms with E-state index >= 15 is 0 Å². The third kappa shape index (κ3) is 8.47. The number of carbonyl (C=O) groups is 2. The Labute approximate surface area is 153 Å². The molecule has 0 aliphatic rings. The number of rotatable bonds is 9. The molecule has 8 nitrogen and oxygen atoms in total. The maximum atomic E-state index is 12.5. The number of esters is 1. The maximum Gasteiger partial charge on any atom is 0.344 e. The lowest BCUT2D eigenvalue weighted by molar-refractivity contribution is -0.145. The van der Waals surface area contributed by atoms with Crippen molar-refractivity contribution in [2.24, 2.45) is 5.92 Å². The largest absolute Gasteiger partial charge is 0.464 e. The normalized spacial score (nSPS) is 12.5. The zero-order chi connectivity index (χ0) is 19.7. The van der Waals surface area contributed by atoms with E-state index in [0.717, 1.165) is 10.5 Å². The summed E-state index contributed by atoms with van der Waals surface area (Å²) in [5.74, 6) is -0.590. The SMILES string of the molecule is CCOC(=O)[C@H](Cc1ccccc1)NC(=O)N(CC(C)C)CP(=O)(O)O. The summed E-state index contributed by atoms with van der Waals surface area (Å²) >= 11 is 0. The molecule has 2 amide bonds. The lowest BCUT2D eigenvalue weighted by atomic mass is 10.1. The van der Waals surface area contributed by atoms with Crippen LogP contribution in [-0.2, 0) is 20.5 Å². The maximum absolute atomic E-state index is 12.5. The van der Waals surface area contributed by atoms with Crippen molar-refractivity contribution in [3.05, 3.63) is 35.9 Å². The van der Waals surface area contributed by atoms with E-state index in [2.05, 4.69) is 5.32 Å². The van der Waals surface area contributed by atoms with Crippen LogP contribution >= 0.6 is 7.60 Å². The van der Waals surface area contributed by atoms with Gasteiger partial charge in [0.25, 0.3) is 0 Å². The lowest BCUT2D eigenvalue weighted by Crippen LogP contribution is -2.50. The third-order valence-electron chi connectivity index (χ3n) is 3.38. The van der Waals surface area contributed by atoms with E-state index in [1.54, 1.807) is 6.92 Å². The Morgan fingerprint density at radius 1 is 1.23 bits per heavy atom. The molecule has 0 aromatic heterocycles. The quantitative estimate of drug-likeness (QED) is 0.441. The molecule has 0 heterocycles. The van der Waals surface area contributed by atoms with E-state index in [0.29, 0.717) is 0 Å². The van der Waals surface area contributed by atoms with E-state index in [4.69, 9.17) is 4.74 Å². The van der Waals surface area contributed by atoms with Gasteiger partial charge in [0.2, 0.25) is 0 Å². The van der Waals surface area contributed by atoms with Crippen LogP contribution < -0.4 is 5.32 Å². The summed E-state index contributed by atoms with van der Waals surface area (Å²) in [6, 6.07) is 7.45. The number of nitrogens with one attached hydrogen (secondary N) is 1. The first kappa shape index (κ1) is 22.2. The molecule has 0 unspecified atom stereocenters. The highest BCUT2D eigenvalue weighted by atomic mass is 31.2. The van der Waals surface area contributed by atoms with Crippen LogP contribution in [0, 0.1) is 5.92 Å². The molecule has 26 heavy (non-hydrogen) atoms. The van der Waals surface area contributed by atoms with Gasteiger partial charge in [-0.3, -0.25) is 4.57 Å². The minimum Gasteiger partial charge on any atom is -0.464 e. The molecular formula is C17H27N2O6P. The fourth-order valence-corrected chi connectivity index (χ4v) is 3.08. The van der Waals surface area contributed by atoms with Gasteiger partial charge in [0.1, 0.15) is 12.3 Å². The number of amides is 2. The molecule has 1 aromatic carbocycles. The lowest BCUT2D eigenvalue weighted by Gasteiger charge is -2.27. The van der Waals surface area contributed by atoms with Crippen molar-refractivity contribution in [3.8, 4) is 0 Å². The minimum atomic E-state index is -4.43. The third-order valence-corrected chi connectivity index (χ3v) is 4.09. The summed E-state index contributed by atoms with van der Waals surface area (Å²) in [5.41, 5.74) is 0.830. The average Bonchev–Trinajstić information content (AvgIpc) is 2.53. The molecule has 0 spiro atoms. The van der Waals surface area contributed by atoms with E-state index in [1.807, 2.05) is 44.2 Å². The number of hydrogen-bond acceptors (Lipinski definition) is 4.